The van der Waals surface area contributed by atoms with Crippen molar-refractivity contribution in [2.45, 2.75) is 0 Å². The van der Waals surface area contributed by atoms with Gasteiger partial charge < -0.3 is 5.43 Å². The highest BCUT2D eigenvalue weighted by Crippen LogP contribution is 2.10. The van der Waals surface area contributed by atoms with Crippen LogP contribution in [0.2, 0.25) is 0 Å². The molecule has 0 saturated carbocycles. The molecule has 21 heavy (non-hydrogen) atoms. The summed E-state index contributed by atoms with van der Waals surface area (Å²) in [6.45, 7) is 0. The normalized spacial score (nSPS) is 10.3. The van der Waals surface area contributed by atoms with Crippen molar-refractivity contribution in [3.05, 3.63) is 82.5 Å². The lowest BCUT2D eigenvalue weighted by Crippen LogP contribution is -2.33. The van der Waals surface area contributed by atoms with Gasteiger partial charge in [-0.2, -0.15) is 0 Å². The Hall–Kier alpha value is -2.40. The number of carbonyl (C=O) groups excluding carboxylic acids is 2. The molecule has 5 heteroatoms. The topological polar surface area (TPSA) is 58.2 Å². The van der Waals surface area contributed by atoms with Gasteiger partial charge in [-0.1, -0.05) is 46.3 Å². The molecule has 2 N–H and O–H groups in total. The molecule has 0 aliphatic carbocycles. The number of halogens is 1. The molecule has 0 unspecified atom stereocenters. The minimum absolute atomic E-state index is 0.138. The monoisotopic (exact) mass is 344 g/mol. The number of ketones is 1. The van der Waals surface area contributed by atoms with Crippen molar-refractivity contribution in [3.8, 4) is 0 Å². The molecule has 2 rings (SSSR count). The Morgan fingerprint density at radius 2 is 1.57 bits per heavy atom. The highest BCUT2D eigenvalue weighted by atomic mass is 79.9. The van der Waals surface area contributed by atoms with Gasteiger partial charge in [0.05, 0.1) is 0 Å². The minimum atomic E-state index is -0.278. The van der Waals surface area contributed by atoms with Crippen molar-refractivity contribution in [2.24, 2.45) is 0 Å². The molecule has 0 atom stereocenters. The summed E-state index contributed by atoms with van der Waals surface area (Å²) in [5.41, 5.74) is 6.18. The predicted molar refractivity (Wildman–Crippen MR) is 84.7 cm³/mol. The maximum absolute atomic E-state index is 11.8. The number of benzene rings is 2. The zero-order chi connectivity index (χ0) is 15.1. The van der Waals surface area contributed by atoms with E-state index < -0.39 is 0 Å². The van der Waals surface area contributed by atoms with Crippen LogP contribution in [-0.4, -0.2) is 11.7 Å². The molecule has 2 aromatic rings. The lowest BCUT2D eigenvalue weighted by Gasteiger charge is -2.04. The van der Waals surface area contributed by atoms with E-state index in [1.165, 1.54) is 12.3 Å². The number of carbonyl (C=O) groups is 2. The minimum Gasteiger partial charge on any atom is -0.305 e. The van der Waals surface area contributed by atoms with Gasteiger partial charge in [0, 0.05) is 27.9 Å². The number of amides is 1. The summed E-state index contributed by atoms with van der Waals surface area (Å²) in [7, 11) is 0. The van der Waals surface area contributed by atoms with E-state index in [-0.39, 0.29) is 11.7 Å². The summed E-state index contributed by atoms with van der Waals surface area (Å²) in [4.78, 5) is 23.5. The number of nitrogens with one attached hydrogen (secondary N) is 2. The number of allylic oxidation sites excluding steroid dienone is 1. The van der Waals surface area contributed by atoms with Gasteiger partial charge >= 0.3 is 0 Å². The Bertz CT molecular complexity index is 652. The lowest BCUT2D eigenvalue weighted by atomic mass is 10.1. The van der Waals surface area contributed by atoms with Gasteiger partial charge in [-0.05, 0) is 24.3 Å². The molecular weight excluding hydrogens is 332 g/mol. The second kappa shape index (κ2) is 7.40. The van der Waals surface area contributed by atoms with Crippen LogP contribution < -0.4 is 10.9 Å². The predicted octanol–water partition coefficient (Wildman–Crippen LogP) is 3.08. The number of hydrogen-bond donors (Lipinski definition) is 2. The van der Waals surface area contributed by atoms with Crippen LogP contribution in [0, 0.1) is 0 Å². The van der Waals surface area contributed by atoms with Crippen LogP contribution in [0.25, 0.3) is 0 Å². The highest BCUT2D eigenvalue weighted by molar-refractivity contribution is 9.10. The molecule has 106 valence electrons. The van der Waals surface area contributed by atoms with Crippen LogP contribution in [0.15, 0.2) is 71.3 Å². The molecule has 0 radical (unpaired) electrons. The Morgan fingerprint density at radius 1 is 0.905 bits per heavy atom. The summed E-state index contributed by atoms with van der Waals surface area (Å²) in [5, 5.41) is 0. The standard InChI is InChI=1S/C16H13BrN2O2/c17-14-8-6-13(7-9-14)16(21)19-18-11-10-15(20)12-4-2-1-3-5-12/h1-11,18H,(H,19,21). The molecule has 0 aromatic heterocycles. The first-order chi connectivity index (χ1) is 10.2. The van der Waals surface area contributed by atoms with Gasteiger partial charge in [-0.25, -0.2) is 0 Å². The first kappa shape index (κ1) is 15.0. The van der Waals surface area contributed by atoms with E-state index in [9.17, 15) is 9.59 Å². The van der Waals surface area contributed by atoms with Crippen molar-refractivity contribution >= 4 is 27.6 Å². The maximum atomic E-state index is 11.8. The van der Waals surface area contributed by atoms with Crippen LogP contribution in [0.1, 0.15) is 20.7 Å². The molecule has 2 aromatic carbocycles. The number of hydrogen-bond acceptors (Lipinski definition) is 3. The Morgan fingerprint density at radius 3 is 2.24 bits per heavy atom. The van der Waals surface area contributed by atoms with Crippen LogP contribution >= 0.6 is 15.9 Å². The molecule has 4 nitrogen and oxygen atoms in total. The maximum Gasteiger partial charge on any atom is 0.269 e. The van der Waals surface area contributed by atoms with Crippen molar-refractivity contribution < 1.29 is 9.59 Å². The van der Waals surface area contributed by atoms with Crippen LogP contribution in [0.3, 0.4) is 0 Å². The van der Waals surface area contributed by atoms with E-state index in [2.05, 4.69) is 26.8 Å². The van der Waals surface area contributed by atoms with Crippen LogP contribution in [0.4, 0.5) is 0 Å². The molecule has 0 spiro atoms. The van der Waals surface area contributed by atoms with E-state index in [0.29, 0.717) is 11.1 Å². The lowest BCUT2D eigenvalue weighted by molar-refractivity contribution is 0.0939. The smallest absolute Gasteiger partial charge is 0.269 e. The SMILES string of the molecule is O=C(C=CNNC(=O)c1ccc(Br)cc1)c1ccccc1. The van der Waals surface area contributed by atoms with E-state index in [0.717, 1.165) is 4.47 Å². The third kappa shape index (κ3) is 4.57. The summed E-state index contributed by atoms with van der Waals surface area (Å²) in [5.74, 6) is -0.416. The van der Waals surface area contributed by atoms with Gasteiger partial charge in [0.1, 0.15) is 0 Å². The van der Waals surface area contributed by atoms with E-state index in [1.54, 1.807) is 48.5 Å². The highest BCUT2D eigenvalue weighted by Gasteiger charge is 2.03. The molecule has 0 aliphatic rings. The largest absolute Gasteiger partial charge is 0.305 e. The zero-order valence-corrected chi connectivity index (χ0v) is 12.6. The zero-order valence-electron chi connectivity index (χ0n) is 11.0. The van der Waals surface area contributed by atoms with E-state index in [1.807, 2.05) is 6.07 Å². The average Bonchev–Trinajstić information content (AvgIpc) is 2.52. The fraction of sp³-hybridized carbons (Fsp3) is 0. The van der Waals surface area contributed by atoms with Gasteiger partial charge in [-0.3, -0.25) is 15.0 Å². The van der Waals surface area contributed by atoms with Crippen molar-refractivity contribution in [1.82, 2.24) is 10.9 Å². The molecule has 0 aliphatic heterocycles. The van der Waals surface area contributed by atoms with Crippen LogP contribution in [-0.2, 0) is 0 Å². The van der Waals surface area contributed by atoms with Crippen LogP contribution in [0.5, 0.6) is 0 Å². The molecular formula is C16H13BrN2O2. The third-order valence-electron chi connectivity index (χ3n) is 2.67. The van der Waals surface area contributed by atoms with E-state index in [4.69, 9.17) is 0 Å². The fourth-order valence-corrected chi connectivity index (χ4v) is 1.86. The Labute approximate surface area is 131 Å². The summed E-state index contributed by atoms with van der Waals surface area (Å²) >= 11 is 3.30. The number of hydrazine groups is 1. The molecule has 1 amide bonds. The van der Waals surface area contributed by atoms with Crippen molar-refractivity contribution in [1.29, 1.82) is 0 Å². The van der Waals surface area contributed by atoms with Gasteiger partial charge in [0.15, 0.2) is 5.78 Å². The summed E-state index contributed by atoms with van der Waals surface area (Å²) in [6, 6.07) is 15.8. The molecule has 0 heterocycles. The van der Waals surface area contributed by atoms with Crippen molar-refractivity contribution in [2.75, 3.05) is 0 Å². The van der Waals surface area contributed by atoms with Gasteiger partial charge in [0.25, 0.3) is 5.91 Å². The second-order valence-corrected chi connectivity index (χ2v) is 5.08. The summed E-state index contributed by atoms with van der Waals surface area (Å²) in [6.07, 6.45) is 2.75. The molecule has 0 fully saturated rings. The average molecular weight is 345 g/mol. The number of rotatable bonds is 5. The Balaban J connectivity index is 1.84. The first-order valence-corrected chi connectivity index (χ1v) is 7.03. The van der Waals surface area contributed by atoms with Gasteiger partial charge in [-0.15, -0.1) is 0 Å². The second-order valence-electron chi connectivity index (χ2n) is 4.17. The van der Waals surface area contributed by atoms with Crippen molar-refractivity contribution in [3.63, 3.8) is 0 Å². The van der Waals surface area contributed by atoms with Gasteiger partial charge in [0.2, 0.25) is 0 Å². The van der Waals surface area contributed by atoms with E-state index >= 15 is 0 Å². The molecule has 0 bridgehead atoms. The first-order valence-electron chi connectivity index (χ1n) is 6.24. The Kier molecular flexibility index (Phi) is 5.29. The fourth-order valence-electron chi connectivity index (χ4n) is 1.60. The third-order valence-corrected chi connectivity index (χ3v) is 3.20. The summed E-state index contributed by atoms with van der Waals surface area (Å²) < 4.78 is 0.903. The molecule has 0 saturated heterocycles. The quantitative estimate of drug-likeness (QED) is 0.497.